The minimum absolute atomic E-state index is 0.180. The Morgan fingerprint density at radius 1 is 1.35 bits per heavy atom. The van der Waals surface area contributed by atoms with Crippen LogP contribution in [0.1, 0.15) is 6.92 Å². The summed E-state index contributed by atoms with van der Waals surface area (Å²) in [4.78, 5) is 22.3. The summed E-state index contributed by atoms with van der Waals surface area (Å²) in [5, 5.41) is 5.00. The quantitative estimate of drug-likeness (QED) is 0.707. The van der Waals surface area contributed by atoms with Crippen LogP contribution in [0.4, 0.5) is 5.82 Å². The molecule has 0 aliphatic heterocycles. The molecule has 1 amide bonds. The maximum absolute atomic E-state index is 11.8. The molecule has 0 bridgehead atoms. The normalized spacial score (nSPS) is 11.3. The summed E-state index contributed by atoms with van der Waals surface area (Å²) in [6.07, 6.45) is 0. The Hall–Kier alpha value is -2.39. The van der Waals surface area contributed by atoms with Gasteiger partial charge in [-0.1, -0.05) is 6.07 Å². The lowest BCUT2D eigenvalue weighted by molar-refractivity contribution is -0.114. The van der Waals surface area contributed by atoms with Crippen LogP contribution in [0.25, 0.3) is 5.69 Å². The van der Waals surface area contributed by atoms with E-state index >= 15 is 0 Å². The second-order valence-electron chi connectivity index (χ2n) is 4.00. The predicted octanol–water partition coefficient (Wildman–Crippen LogP) is 0.371. The van der Waals surface area contributed by atoms with Crippen molar-refractivity contribution < 1.29 is 17.8 Å². The van der Waals surface area contributed by atoms with Crippen molar-refractivity contribution in [1.29, 1.82) is 0 Å². The molecule has 3 N–H and O–H groups in total. The maximum Gasteiger partial charge on any atom is 0.294 e. The third-order valence-corrected chi connectivity index (χ3v) is 3.25. The summed E-state index contributed by atoms with van der Waals surface area (Å²) in [5.41, 5.74) is -0.275. The molecule has 106 valence electrons. The van der Waals surface area contributed by atoms with Gasteiger partial charge < -0.3 is 5.32 Å². The minimum atomic E-state index is -4.36. The molecule has 2 aromatic rings. The summed E-state index contributed by atoms with van der Waals surface area (Å²) in [7, 11) is -4.36. The topological polar surface area (TPSA) is 121 Å². The average Bonchev–Trinajstić information content (AvgIpc) is 2.68. The van der Waals surface area contributed by atoms with Crippen molar-refractivity contribution in [2.75, 3.05) is 5.32 Å². The minimum Gasteiger partial charge on any atom is -0.311 e. The highest BCUT2D eigenvalue weighted by Gasteiger charge is 2.12. The van der Waals surface area contributed by atoms with Crippen molar-refractivity contribution >= 4 is 21.8 Å². The molecule has 9 heteroatoms. The Bertz CT molecular complexity index is 819. The van der Waals surface area contributed by atoms with Crippen LogP contribution in [0, 0.1) is 0 Å². The number of hydrogen-bond donors (Lipinski definition) is 3. The number of hydrogen-bond acceptors (Lipinski definition) is 4. The first-order chi connectivity index (χ1) is 9.27. The molecule has 1 aromatic heterocycles. The smallest absolute Gasteiger partial charge is 0.294 e. The van der Waals surface area contributed by atoms with Gasteiger partial charge in [0.25, 0.3) is 15.7 Å². The van der Waals surface area contributed by atoms with E-state index in [2.05, 4.69) is 10.4 Å². The number of aromatic nitrogens is 2. The fraction of sp³-hybridized carbons (Fsp3) is 0.0909. The van der Waals surface area contributed by atoms with Gasteiger partial charge in [-0.05, 0) is 18.2 Å². The summed E-state index contributed by atoms with van der Waals surface area (Å²) < 4.78 is 32.1. The van der Waals surface area contributed by atoms with Gasteiger partial charge in [-0.15, -0.1) is 0 Å². The van der Waals surface area contributed by atoms with Crippen LogP contribution in [0.15, 0.2) is 40.0 Å². The first-order valence-electron chi connectivity index (χ1n) is 5.45. The van der Waals surface area contributed by atoms with Crippen LogP contribution in [0.2, 0.25) is 0 Å². The Labute approximate surface area is 113 Å². The Morgan fingerprint density at radius 2 is 2.05 bits per heavy atom. The lowest BCUT2D eigenvalue weighted by atomic mass is 10.3. The Balaban J connectivity index is 2.50. The molecule has 0 spiro atoms. The molecule has 20 heavy (non-hydrogen) atoms. The van der Waals surface area contributed by atoms with Crippen molar-refractivity contribution in [3.05, 3.63) is 40.7 Å². The zero-order chi connectivity index (χ0) is 14.9. The zero-order valence-corrected chi connectivity index (χ0v) is 11.1. The number of H-pyrrole nitrogens is 1. The number of aromatic amines is 1. The SMILES string of the molecule is CC(=O)Nc1cc(=O)n(-c2cccc(S(=O)(=O)O)c2)[nH]1. The van der Waals surface area contributed by atoms with E-state index in [1.807, 2.05) is 0 Å². The predicted molar refractivity (Wildman–Crippen MR) is 70.5 cm³/mol. The van der Waals surface area contributed by atoms with Gasteiger partial charge in [-0.2, -0.15) is 8.42 Å². The van der Waals surface area contributed by atoms with E-state index in [1.165, 1.54) is 25.1 Å². The lowest BCUT2D eigenvalue weighted by Crippen LogP contribution is -2.14. The second kappa shape index (κ2) is 4.94. The number of benzene rings is 1. The van der Waals surface area contributed by atoms with Crippen molar-refractivity contribution in [2.24, 2.45) is 0 Å². The number of amides is 1. The van der Waals surface area contributed by atoms with Crippen LogP contribution in [0.3, 0.4) is 0 Å². The molecule has 0 aliphatic carbocycles. The van der Waals surface area contributed by atoms with Crippen molar-refractivity contribution in [2.45, 2.75) is 11.8 Å². The highest BCUT2D eigenvalue weighted by molar-refractivity contribution is 7.85. The number of carbonyl (C=O) groups excluding carboxylic acids is 1. The van der Waals surface area contributed by atoms with Gasteiger partial charge in [0.1, 0.15) is 5.82 Å². The van der Waals surface area contributed by atoms with Crippen molar-refractivity contribution in [1.82, 2.24) is 9.78 Å². The molecule has 0 saturated heterocycles. The molecule has 0 radical (unpaired) electrons. The second-order valence-corrected chi connectivity index (χ2v) is 5.42. The monoisotopic (exact) mass is 297 g/mol. The Morgan fingerprint density at radius 3 is 2.65 bits per heavy atom. The molecular formula is C11H11N3O5S. The average molecular weight is 297 g/mol. The molecule has 0 saturated carbocycles. The summed E-state index contributed by atoms with van der Waals surface area (Å²) in [5.74, 6) is -0.176. The number of nitrogens with one attached hydrogen (secondary N) is 2. The highest BCUT2D eigenvalue weighted by atomic mass is 32.2. The van der Waals surface area contributed by atoms with E-state index in [-0.39, 0.29) is 22.3 Å². The van der Waals surface area contributed by atoms with Gasteiger partial charge in [0.2, 0.25) is 5.91 Å². The van der Waals surface area contributed by atoms with Gasteiger partial charge in [0.15, 0.2) is 0 Å². The van der Waals surface area contributed by atoms with E-state index in [0.29, 0.717) is 0 Å². The third kappa shape index (κ3) is 2.95. The van der Waals surface area contributed by atoms with Crippen LogP contribution in [-0.2, 0) is 14.9 Å². The van der Waals surface area contributed by atoms with E-state index in [1.54, 1.807) is 0 Å². The number of nitrogens with zero attached hydrogens (tertiary/aromatic N) is 1. The van der Waals surface area contributed by atoms with Gasteiger partial charge in [-0.3, -0.25) is 19.2 Å². The maximum atomic E-state index is 11.8. The molecule has 0 atom stereocenters. The molecule has 8 nitrogen and oxygen atoms in total. The first kappa shape index (κ1) is 14.0. The van der Waals surface area contributed by atoms with Gasteiger partial charge >= 0.3 is 0 Å². The summed E-state index contributed by atoms with van der Waals surface area (Å²) in [6, 6.07) is 6.34. The molecular weight excluding hydrogens is 286 g/mol. The third-order valence-electron chi connectivity index (χ3n) is 2.40. The Kier molecular flexibility index (Phi) is 3.47. The van der Waals surface area contributed by atoms with E-state index in [9.17, 15) is 18.0 Å². The number of rotatable bonds is 3. The molecule has 1 aromatic carbocycles. The molecule has 0 unspecified atom stereocenters. The lowest BCUT2D eigenvalue weighted by Gasteiger charge is -2.04. The van der Waals surface area contributed by atoms with Crippen LogP contribution in [0.5, 0.6) is 0 Å². The largest absolute Gasteiger partial charge is 0.311 e. The van der Waals surface area contributed by atoms with Crippen LogP contribution in [-0.4, -0.2) is 28.7 Å². The van der Waals surface area contributed by atoms with Gasteiger partial charge in [0.05, 0.1) is 10.6 Å². The standard InChI is InChI=1S/C11H11N3O5S/c1-7(15)12-10-6-11(16)14(13-10)8-3-2-4-9(5-8)20(17,18)19/h2-6,13H,1H3,(H,12,15)(H,17,18,19). The van der Waals surface area contributed by atoms with E-state index < -0.39 is 15.7 Å². The molecule has 1 heterocycles. The van der Waals surface area contributed by atoms with Crippen LogP contribution >= 0.6 is 0 Å². The van der Waals surface area contributed by atoms with Gasteiger partial charge in [-0.25, -0.2) is 4.68 Å². The highest BCUT2D eigenvalue weighted by Crippen LogP contribution is 2.13. The van der Waals surface area contributed by atoms with Crippen molar-refractivity contribution in [3.63, 3.8) is 0 Å². The fourth-order valence-electron chi connectivity index (χ4n) is 1.62. The summed E-state index contributed by atoms with van der Waals surface area (Å²) in [6.45, 7) is 1.29. The molecule has 2 rings (SSSR count). The molecule has 0 aliphatic rings. The zero-order valence-electron chi connectivity index (χ0n) is 10.3. The van der Waals surface area contributed by atoms with Gasteiger partial charge in [0, 0.05) is 13.0 Å². The first-order valence-corrected chi connectivity index (χ1v) is 6.89. The van der Waals surface area contributed by atoms with Crippen molar-refractivity contribution in [3.8, 4) is 5.69 Å². The van der Waals surface area contributed by atoms with E-state index in [0.717, 1.165) is 16.8 Å². The summed E-state index contributed by atoms with van der Waals surface area (Å²) >= 11 is 0. The number of carbonyl (C=O) groups is 1. The molecule has 0 fully saturated rings. The van der Waals surface area contributed by atoms with E-state index in [4.69, 9.17) is 4.55 Å². The number of anilines is 1. The van der Waals surface area contributed by atoms with Crippen LogP contribution < -0.4 is 10.9 Å². The fourth-order valence-corrected chi connectivity index (χ4v) is 2.14.